The van der Waals surface area contributed by atoms with Gasteiger partial charge in [0.15, 0.2) is 0 Å². The van der Waals surface area contributed by atoms with E-state index in [1.165, 1.54) is 0 Å². The molecule has 5 nitrogen and oxygen atoms in total. The third-order valence-electron chi connectivity index (χ3n) is 3.68. The fourth-order valence-corrected chi connectivity index (χ4v) is 2.61. The number of nitrogens with two attached hydrogens (primary N) is 1. The highest BCUT2D eigenvalue weighted by atomic mass is 35.5. The van der Waals surface area contributed by atoms with E-state index in [9.17, 15) is 9.59 Å². The number of furan rings is 1. The first-order valence-electron chi connectivity index (χ1n) is 7.29. The Morgan fingerprint density at radius 3 is 2.50 bits per heavy atom. The molecule has 3 N–H and O–H groups in total. The number of carbonyl (C=O) groups excluding carboxylic acids is 2. The van der Waals surface area contributed by atoms with Crippen LogP contribution in [0.1, 0.15) is 32.0 Å². The van der Waals surface area contributed by atoms with E-state index in [-0.39, 0.29) is 17.4 Å². The number of carbonyl (C=O) groups is 2. The summed E-state index contributed by atoms with van der Waals surface area (Å²) in [6.45, 7) is 1.91. The van der Waals surface area contributed by atoms with Crippen LogP contribution < -0.4 is 11.1 Å². The second kappa shape index (κ2) is 6.37. The summed E-state index contributed by atoms with van der Waals surface area (Å²) in [5, 5.41) is 3.35. The van der Waals surface area contributed by atoms with Gasteiger partial charge in [0.25, 0.3) is 11.8 Å². The second-order valence-corrected chi connectivity index (χ2v) is 5.72. The Morgan fingerprint density at radius 1 is 1.17 bits per heavy atom. The highest BCUT2D eigenvalue weighted by Crippen LogP contribution is 2.31. The van der Waals surface area contributed by atoms with Crippen LogP contribution in [0.5, 0.6) is 0 Å². The third kappa shape index (κ3) is 2.98. The van der Waals surface area contributed by atoms with Crippen LogP contribution in [0.2, 0.25) is 0 Å². The van der Waals surface area contributed by atoms with Crippen LogP contribution in [0.15, 0.2) is 46.9 Å². The number of rotatable bonds is 4. The van der Waals surface area contributed by atoms with Gasteiger partial charge in [-0.2, -0.15) is 0 Å². The molecule has 0 unspecified atom stereocenters. The largest absolute Gasteiger partial charge is 0.449 e. The number of fused-ring (bicyclic) bond motifs is 1. The maximum atomic E-state index is 12.5. The van der Waals surface area contributed by atoms with E-state index in [4.69, 9.17) is 21.8 Å². The molecule has 0 radical (unpaired) electrons. The first-order chi connectivity index (χ1) is 11.5. The van der Waals surface area contributed by atoms with Gasteiger partial charge in [0.2, 0.25) is 5.76 Å². The third-order valence-corrected chi connectivity index (χ3v) is 3.99. The lowest BCUT2D eigenvalue weighted by molar-refractivity contribution is 0.0977. The zero-order valence-corrected chi connectivity index (χ0v) is 13.7. The molecule has 0 aliphatic rings. The Balaban J connectivity index is 2.00. The Morgan fingerprint density at radius 2 is 1.88 bits per heavy atom. The predicted molar refractivity (Wildman–Crippen MR) is 93.4 cm³/mol. The van der Waals surface area contributed by atoms with E-state index >= 15 is 0 Å². The molecule has 1 heterocycles. The summed E-state index contributed by atoms with van der Waals surface area (Å²) in [5.41, 5.74) is 8.48. The predicted octanol–water partition coefficient (Wildman–Crippen LogP) is 3.83. The molecular weight excluding hydrogens is 328 g/mol. The monoisotopic (exact) mass is 342 g/mol. The van der Waals surface area contributed by atoms with Crippen LogP contribution in [-0.2, 0) is 5.88 Å². The molecule has 0 aliphatic heterocycles. The van der Waals surface area contributed by atoms with E-state index in [1.807, 2.05) is 13.0 Å². The molecule has 0 saturated heterocycles. The lowest BCUT2D eigenvalue weighted by Crippen LogP contribution is -2.17. The number of halogens is 1. The minimum absolute atomic E-state index is 0.0682. The maximum absolute atomic E-state index is 12.5. The molecule has 3 aromatic rings. The van der Waals surface area contributed by atoms with Gasteiger partial charge in [-0.05, 0) is 42.3 Å². The van der Waals surface area contributed by atoms with Crippen LogP contribution >= 0.6 is 11.6 Å². The summed E-state index contributed by atoms with van der Waals surface area (Å²) in [4.78, 5) is 24.1. The zero-order chi connectivity index (χ0) is 17.3. The van der Waals surface area contributed by atoms with Gasteiger partial charge in [-0.15, -0.1) is 11.6 Å². The summed E-state index contributed by atoms with van der Waals surface area (Å²) in [7, 11) is 0. The molecule has 0 aliphatic carbocycles. The molecule has 24 heavy (non-hydrogen) atoms. The molecule has 0 bridgehead atoms. The van der Waals surface area contributed by atoms with Crippen LogP contribution in [0.25, 0.3) is 11.0 Å². The number of alkyl halides is 1. The minimum atomic E-state index is -0.739. The van der Waals surface area contributed by atoms with Crippen molar-refractivity contribution in [2.24, 2.45) is 5.73 Å². The normalized spacial score (nSPS) is 10.8. The number of nitrogens with one attached hydrogen (secondary N) is 1. The van der Waals surface area contributed by atoms with Gasteiger partial charge < -0.3 is 15.5 Å². The van der Waals surface area contributed by atoms with Crippen molar-refractivity contribution in [1.82, 2.24) is 0 Å². The molecule has 1 aromatic heterocycles. The van der Waals surface area contributed by atoms with Crippen molar-refractivity contribution in [2.45, 2.75) is 12.8 Å². The van der Waals surface area contributed by atoms with Crippen LogP contribution in [0.3, 0.4) is 0 Å². The van der Waals surface area contributed by atoms with Gasteiger partial charge in [-0.1, -0.05) is 18.2 Å². The summed E-state index contributed by atoms with van der Waals surface area (Å²) < 4.78 is 5.51. The molecule has 0 fully saturated rings. The summed E-state index contributed by atoms with van der Waals surface area (Å²) in [5.74, 6) is -0.792. The van der Waals surface area contributed by atoms with Crippen molar-refractivity contribution >= 4 is 40.1 Å². The quantitative estimate of drug-likeness (QED) is 0.706. The number of primary amides is 1. The molecule has 0 saturated carbocycles. The molecule has 122 valence electrons. The first kappa shape index (κ1) is 16.1. The number of benzene rings is 2. The number of amides is 2. The fraction of sp³-hybridized carbons (Fsp3) is 0.111. The molecule has 2 amide bonds. The average molecular weight is 343 g/mol. The molecule has 2 aromatic carbocycles. The lowest BCUT2D eigenvalue weighted by Gasteiger charge is -2.05. The first-order valence-corrected chi connectivity index (χ1v) is 7.82. The van der Waals surface area contributed by atoms with Gasteiger partial charge in [-0.25, -0.2) is 0 Å². The highest BCUT2D eigenvalue weighted by Gasteiger charge is 2.21. The Hall–Kier alpha value is -2.79. The van der Waals surface area contributed by atoms with Crippen LogP contribution in [0.4, 0.5) is 5.69 Å². The Labute approximate surface area is 143 Å². The Bertz CT molecular complexity index is 929. The van der Waals surface area contributed by atoms with Crippen molar-refractivity contribution in [3.63, 3.8) is 0 Å². The summed E-state index contributed by atoms with van der Waals surface area (Å²) in [6, 6.07) is 12.3. The second-order valence-electron chi connectivity index (χ2n) is 5.45. The average Bonchev–Trinajstić information content (AvgIpc) is 2.92. The van der Waals surface area contributed by atoms with Gasteiger partial charge in [0, 0.05) is 16.8 Å². The Kier molecular flexibility index (Phi) is 4.27. The van der Waals surface area contributed by atoms with Crippen molar-refractivity contribution in [3.05, 3.63) is 64.9 Å². The molecule has 6 heteroatoms. The zero-order valence-electron chi connectivity index (χ0n) is 12.9. The molecule has 0 spiro atoms. The number of hydrogen-bond donors (Lipinski definition) is 2. The van der Waals surface area contributed by atoms with E-state index in [0.29, 0.717) is 22.4 Å². The number of hydrogen-bond acceptors (Lipinski definition) is 3. The smallest absolute Gasteiger partial charge is 0.286 e. The van der Waals surface area contributed by atoms with Gasteiger partial charge >= 0.3 is 0 Å². The number of aryl methyl sites for hydroxylation is 1. The van der Waals surface area contributed by atoms with Crippen molar-refractivity contribution in [1.29, 1.82) is 0 Å². The molecule has 3 rings (SSSR count). The fourth-order valence-electron chi connectivity index (χ4n) is 2.43. The van der Waals surface area contributed by atoms with Crippen molar-refractivity contribution < 1.29 is 14.0 Å². The van der Waals surface area contributed by atoms with Crippen LogP contribution in [0, 0.1) is 6.92 Å². The topological polar surface area (TPSA) is 85.3 Å². The van der Waals surface area contributed by atoms with Crippen LogP contribution in [-0.4, -0.2) is 11.8 Å². The van der Waals surface area contributed by atoms with E-state index < -0.39 is 5.91 Å². The minimum Gasteiger partial charge on any atom is -0.449 e. The number of anilines is 1. The molecule has 0 atom stereocenters. The lowest BCUT2D eigenvalue weighted by atomic mass is 10.1. The summed E-state index contributed by atoms with van der Waals surface area (Å²) in [6.07, 6.45) is 0. The van der Waals surface area contributed by atoms with E-state index in [1.54, 1.807) is 36.4 Å². The van der Waals surface area contributed by atoms with Gasteiger partial charge in [-0.3, -0.25) is 9.59 Å². The van der Waals surface area contributed by atoms with Gasteiger partial charge in [0.1, 0.15) is 11.3 Å². The van der Waals surface area contributed by atoms with Gasteiger partial charge in [0.05, 0.1) is 0 Å². The van der Waals surface area contributed by atoms with Crippen molar-refractivity contribution in [3.8, 4) is 0 Å². The summed E-state index contributed by atoms with van der Waals surface area (Å²) >= 11 is 5.74. The highest BCUT2D eigenvalue weighted by molar-refractivity contribution is 6.17. The molecular formula is C18H15ClN2O3. The SMILES string of the molecule is Cc1ccc2c(NC(=O)c3ccc(CCl)cc3)c(C(N)=O)oc2c1. The maximum Gasteiger partial charge on any atom is 0.286 e. The van der Waals surface area contributed by atoms with Crippen molar-refractivity contribution in [2.75, 3.05) is 5.32 Å². The standard InChI is InChI=1S/C18H15ClN2O3/c1-10-2-7-13-14(8-10)24-16(17(20)22)15(13)21-18(23)12-5-3-11(9-19)4-6-12/h2-8H,9H2,1H3,(H2,20,22)(H,21,23). The van der Waals surface area contributed by atoms with E-state index in [0.717, 1.165) is 11.1 Å². The van der Waals surface area contributed by atoms with E-state index in [2.05, 4.69) is 5.32 Å².